The molecule has 5 nitrogen and oxygen atoms in total. The van der Waals surface area contributed by atoms with E-state index in [0.717, 1.165) is 12.8 Å². The second-order valence-electron chi connectivity index (χ2n) is 7.11. The lowest BCUT2D eigenvalue weighted by molar-refractivity contribution is -0.158. The first kappa shape index (κ1) is 32.5. The summed E-state index contributed by atoms with van der Waals surface area (Å²) in [4.78, 5) is 21.7. The van der Waals surface area contributed by atoms with Crippen molar-refractivity contribution in [3.8, 4) is 0 Å². The SMILES string of the molecule is C=C.CCCCCCCCCCCCCCCCCC(=O)OC(C)=O.OCCO. The van der Waals surface area contributed by atoms with Gasteiger partial charge >= 0.3 is 11.9 Å². The molecule has 174 valence electrons. The van der Waals surface area contributed by atoms with Crippen molar-refractivity contribution in [2.75, 3.05) is 13.2 Å². The molecule has 0 aliphatic carbocycles. The summed E-state index contributed by atoms with van der Waals surface area (Å²) in [6.45, 7) is 9.28. The van der Waals surface area contributed by atoms with Gasteiger partial charge in [-0.1, -0.05) is 96.8 Å². The van der Waals surface area contributed by atoms with Crippen LogP contribution in [0.1, 0.15) is 117 Å². The summed E-state index contributed by atoms with van der Waals surface area (Å²) >= 11 is 0. The van der Waals surface area contributed by atoms with Crippen LogP contribution in [0.3, 0.4) is 0 Å². The quantitative estimate of drug-likeness (QED) is 0.129. The summed E-state index contributed by atoms with van der Waals surface area (Å²) in [5.41, 5.74) is 0. The smallest absolute Gasteiger partial charge is 0.313 e. The fourth-order valence-electron chi connectivity index (χ4n) is 2.85. The van der Waals surface area contributed by atoms with Gasteiger partial charge in [-0.3, -0.25) is 9.59 Å². The first-order valence-corrected chi connectivity index (χ1v) is 11.5. The second kappa shape index (κ2) is 31.5. The van der Waals surface area contributed by atoms with Crippen LogP contribution in [0, 0.1) is 0 Å². The van der Waals surface area contributed by atoms with Crippen molar-refractivity contribution in [3.63, 3.8) is 0 Å². The Morgan fingerprint density at radius 2 is 0.966 bits per heavy atom. The van der Waals surface area contributed by atoms with Gasteiger partial charge in [-0.25, -0.2) is 0 Å². The van der Waals surface area contributed by atoms with Gasteiger partial charge in [-0.15, -0.1) is 13.2 Å². The van der Waals surface area contributed by atoms with Crippen LogP contribution in [0.5, 0.6) is 0 Å². The van der Waals surface area contributed by atoms with E-state index in [4.69, 9.17) is 10.2 Å². The normalized spacial score (nSPS) is 9.66. The minimum absolute atomic E-state index is 0.125. The van der Waals surface area contributed by atoms with Crippen molar-refractivity contribution in [2.24, 2.45) is 0 Å². The fourth-order valence-corrected chi connectivity index (χ4v) is 2.85. The molecular weight excluding hydrogens is 368 g/mol. The molecule has 0 aromatic heterocycles. The van der Waals surface area contributed by atoms with Crippen molar-refractivity contribution < 1.29 is 24.5 Å². The van der Waals surface area contributed by atoms with Crippen LogP contribution in [-0.4, -0.2) is 35.4 Å². The number of ether oxygens (including phenoxy) is 1. The molecule has 5 heteroatoms. The van der Waals surface area contributed by atoms with Gasteiger partial charge in [0.15, 0.2) is 0 Å². The van der Waals surface area contributed by atoms with Gasteiger partial charge in [0.1, 0.15) is 0 Å². The summed E-state index contributed by atoms with van der Waals surface area (Å²) in [5, 5.41) is 15.2. The van der Waals surface area contributed by atoms with Crippen LogP contribution in [0.4, 0.5) is 0 Å². The van der Waals surface area contributed by atoms with Crippen LogP contribution >= 0.6 is 0 Å². The number of rotatable bonds is 17. The third kappa shape index (κ3) is 38.1. The van der Waals surface area contributed by atoms with Gasteiger partial charge in [0.05, 0.1) is 13.2 Å². The Morgan fingerprint density at radius 3 is 1.24 bits per heavy atom. The van der Waals surface area contributed by atoms with Gasteiger partial charge in [0.25, 0.3) is 0 Å². The summed E-state index contributed by atoms with van der Waals surface area (Å²) in [7, 11) is 0. The van der Waals surface area contributed by atoms with E-state index >= 15 is 0 Å². The number of hydrogen-bond donors (Lipinski definition) is 2. The van der Waals surface area contributed by atoms with Crippen LogP contribution in [0.2, 0.25) is 0 Å². The molecule has 0 amide bonds. The Morgan fingerprint density at radius 1 is 0.655 bits per heavy atom. The highest BCUT2D eigenvalue weighted by atomic mass is 16.6. The number of esters is 2. The van der Waals surface area contributed by atoms with Gasteiger partial charge in [-0.2, -0.15) is 0 Å². The van der Waals surface area contributed by atoms with Crippen LogP contribution in [-0.2, 0) is 14.3 Å². The molecule has 0 atom stereocenters. The molecule has 0 radical (unpaired) electrons. The number of carbonyl (C=O) groups excluding carboxylic acids is 2. The van der Waals surface area contributed by atoms with Crippen molar-refractivity contribution in [2.45, 2.75) is 117 Å². The topological polar surface area (TPSA) is 83.8 Å². The lowest BCUT2D eigenvalue weighted by Gasteiger charge is -2.03. The molecule has 0 aromatic rings. The van der Waals surface area contributed by atoms with Gasteiger partial charge < -0.3 is 14.9 Å². The van der Waals surface area contributed by atoms with E-state index in [9.17, 15) is 9.59 Å². The molecule has 0 aliphatic rings. The first-order valence-electron chi connectivity index (χ1n) is 11.5. The number of carbonyl (C=O) groups is 2. The lowest BCUT2D eigenvalue weighted by atomic mass is 10.0. The molecule has 2 N–H and O–H groups in total. The number of hydrogen-bond acceptors (Lipinski definition) is 5. The Bertz CT molecular complexity index is 329. The largest absolute Gasteiger partial charge is 0.394 e. The zero-order valence-electron chi connectivity index (χ0n) is 19.3. The summed E-state index contributed by atoms with van der Waals surface area (Å²) < 4.78 is 4.49. The second-order valence-corrected chi connectivity index (χ2v) is 7.11. The minimum atomic E-state index is -0.504. The zero-order valence-corrected chi connectivity index (χ0v) is 19.3. The lowest BCUT2D eigenvalue weighted by Crippen LogP contribution is -2.08. The zero-order chi connectivity index (χ0) is 22.6. The van der Waals surface area contributed by atoms with Crippen molar-refractivity contribution in [1.82, 2.24) is 0 Å². The Labute approximate surface area is 179 Å². The van der Waals surface area contributed by atoms with Gasteiger partial charge in [-0.05, 0) is 6.42 Å². The first-order chi connectivity index (χ1) is 14.1. The van der Waals surface area contributed by atoms with Crippen molar-refractivity contribution >= 4 is 11.9 Å². The van der Waals surface area contributed by atoms with E-state index in [-0.39, 0.29) is 19.2 Å². The molecule has 0 aliphatic heterocycles. The molecule has 0 unspecified atom stereocenters. The van der Waals surface area contributed by atoms with Crippen molar-refractivity contribution in [3.05, 3.63) is 13.2 Å². The van der Waals surface area contributed by atoms with E-state index in [1.807, 2.05) is 0 Å². The molecule has 0 rings (SSSR count). The van der Waals surface area contributed by atoms with E-state index < -0.39 is 5.97 Å². The maximum atomic E-state index is 11.1. The predicted molar refractivity (Wildman–Crippen MR) is 122 cm³/mol. The Kier molecular flexibility index (Phi) is 35.3. The predicted octanol–water partition coefficient (Wildman–Crippen LogP) is 6.11. The van der Waals surface area contributed by atoms with Crippen molar-refractivity contribution in [1.29, 1.82) is 0 Å². The Balaban J connectivity index is -0.000000994. The highest BCUT2D eigenvalue weighted by Gasteiger charge is 2.04. The molecule has 0 fully saturated rings. The molecule has 29 heavy (non-hydrogen) atoms. The van der Waals surface area contributed by atoms with E-state index in [1.165, 1.54) is 90.4 Å². The Hall–Kier alpha value is -1.20. The maximum Gasteiger partial charge on any atom is 0.313 e. The standard InChI is InChI=1S/C20H38O3.C2H6O2.C2H4/c1-3-4-5-6-7-8-9-10-11-12-13-14-15-16-17-18-20(22)23-19(2)21;3-1-2-4;1-2/h3-18H2,1-2H3;3-4H,1-2H2;1-2H2. The summed E-state index contributed by atoms with van der Waals surface area (Å²) in [6.07, 6.45) is 20.0. The van der Waals surface area contributed by atoms with E-state index in [0.29, 0.717) is 6.42 Å². The average Bonchev–Trinajstić information content (AvgIpc) is 2.72. The minimum Gasteiger partial charge on any atom is -0.394 e. The number of unbranched alkanes of at least 4 members (excludes halogenated alkanes) is 14. The highest BCUT2D eigenvalue weighted by molar-refractivity contribution is 5.83. The summed E-state index contributed by atoms with van der Waals surface area (Å²) in [5.74, 6) is -0.886. The third-order valence-electron chi connectivity index (χ3n) is 4.34. The summed E-state index contributed by atoms with van der Waals surface area (Å²) in [6, 6.07) is 0. The molecule has 0 aromatic carbocycles. The van der Waals surface area contributed by atoms with Gasteiger partial charge in [0.2, 0.25) is 0 Å². The van der Waals surface area contributed by atoms with Crippen LogP contribution < -0.4 is 0 Å². The number of aliphatic hydroxyl groups is 2. The maximum absolute atomic E-state index is 11.1. The molecular formula is C24H48O5. The van der Waals surface area contributed by atoms with Gasteiger partial charge in [0, 0.05) is 13.3 Å². The van der Waals surface area contributed by atoms with Crippen LogP contribution in [0.15, 0.2) is 13.2 Å². The molecule has 0 heterocycles. The average molecular weight is 417 g/mol. The number of aliphatic hydroxyl groups excluding tert-OH is 2. The molecule has 0 bridgehead atoms. The van der Waals surface area contributed by atoms with E-state index in [2.05, 4.69) is 24.8 Å². The van der Waals surface area contributed by atoms with Crippen LogP contribution in [0.25, 0.3) is 0 Å². The third-order valence-corrected chi connectivity index (χ3v) is 4.34. The molecule has 0 saturated heterocycles. The highest BCUT2D eigenvalue weighted by Crippen LogP contribution is 2.13. The fraction of sp³-hybridized carbons (Fsp3) is 0.833. The molecule has 0 saturated carbocycles. The van der Waals surface area contributed by atoms with E-state index in [1.54, 1.807) is 0 Å². The monoisotopic (exact) mass is 416 g/mol. The molecule has 0 spiro atoms.